The van der Waals surface area contributed by atoms with E-state index in [-0.39, 0.29) is 15.5 Å². The maximum Gasteiger partial charge on any atom is 0.135 e. The molecule has 1 aromatic carbocycles. The Labute approximate surface area is 117 Å². The topological polar surface area (TPSA) is 20.2 Å². The maximum atomic E-state index is 13.9. The van der Waals surface area contributed by atoms with E-state index in [1.165, 1.54) is 19.1 Å². The van der Waals surface area contributed by atoms with Gasteiger partial charge in [-0.15, -0.1) is 11.3 Å². The monoisotopic (exact) mass is 308 g/mol. The first-order valence-electron chi connectivity index (χ1n) is 4.99. The van der Waals surface area contributed by atoms with Gasteiger partial charge >= 0.3 is 0 Å². The molecular weight excluding hydrogens is 301 g/mol. The molecule has 2 aromatic rings. The van der Waals surface area contributed by atoms with Gasteiger partial charge in [-0.2, -0.15) is 0 Å². The summed E-state index contributed by atoms with van der Waals surface area (Å²) in [5, 5.41) is 10.1. The molecule has 96 valence electrons. The van der Waals surface area contributed by atoms with Gasteiger partial charge in [0.25, 0.3) is 0 Å². The van der Waals surface area contributed by atoms with Crippen LogP contribution in [0.2, 0.25) is 8.67 Å². The van der Waals surface area contributed by atoms with E-state index in [2.05, 4.69) is 0 Å². The van der Waals surface area contributed by atoms with Crippen LogP contribution in [0.25, 0.3) is 0 Å². The SMILES string of the molecule is Cc1ccc(F)c(C(O)c2cc(Cl)sc2Cl)c1F. The van der Waals surface area contributed by atoms with Crippen molar-refractivity contribution < 1.29 is 13.9 Å². The molecule has 0 saturated heterocycles. The lowest BCUT2D eigenvalue weighted by molar-refractivity contribution is 0.209. The number of thiophene rings is 1. The zero-order valence-corrected chi connectivity index (χ0v) is 11.5. The summed E-state index contributed by atoms with van der Waals surface area (Å²) in [6.45, 7) is 1.49. The molecule has 6 heteroatoms. The predicted octanol–water partition coefficient (Wildman–Crippen LogP) is 4.72. The van der Waals surface area contributed by atoms with Gasteiger partial charge in [0.2, 0.25) is 0 Å². The van der Waals surface area contributed by atoms with E-state index in [4.69, 9.17) is 23.2 Å². The largest absolute Gasteiger partial charge is 0.383 e. The van der Waals surface area contributed by atoms with Crippen LogP contribution in [0.1, 0.15) is 22.8 Å². The molecule has 0 fully saturated rings. The third-order valence-corrected chi connectivity index (χ3v) is 4.09. The van der Waals surface area contributed by atoms with Crippen LogP contribution in [0.3, 0.4) is 0 Å². The highest BCUT2D eigenvalue weighted by Gasteiger charge is 2.24. The Morgan fingerprint density at radius 1 is 1.28 bits per heavy atom. The Morgan fingerprint density at radius 3 is 2.50 bits per heavy atom. The van der Waals surface area contributed by atoms with Crippen LogP contribution in [0, 0.1) is 18.6 Å². The van der Waals surface area contributed by atoms with Gasteiger partial charge in [-0.25, -0.2) is 8.78 Å². The first-order chi connectivity index (χ1) is 8.41. The van der Waals surface area contributed by atoms with Crippen LogP contribution < -0.4 is 0 Å². The number of benzene rings is 1. The average Bonchev–Trinajstić information content (AvgIpc) is 2.63. The summed E-state index contributed by atoms with van der Waals surface area (Å²) in [5.74, 6) is -1.59. The molecule has 1 N–H and O–H groups in total. The molecule has 0 radical (unpaired) electrons. The minimum Gasteiger partial charge on any atom is -0.383 e. The molecule has 0 aliphatic carbocycles. The van der Waals surface area contributed by atoms with E-state index in [9.17, 15) is 13.9 Å². The van der Waals surface area contributed by atoms with Crippen LogP contribution in [0.4, 0.5) is 8.78 Å². The van der Waals surface area contributed by atoms with Crippen molar-refractivity contribution in [3.05, 3.63) is 55.2 Å². The third-order valence-electron chi connectivity index (χ3n) is 2.57. The summed E-state index contributed by atoms with van der Waals surface area (Å²) >= 11 is 12.6. The molecule has 0 saturated carbocycles. The van der Waals surface area contributed by atoms with Crippen LogP contribution in [0.15, 0.2) is 18.2 Å². The predicted molar refractivity (Wildman–Crippen MR) is 69.5 cm³/mol. The first kappa shape index (κ1) is 13.7. The second kappa shape index (κ2) is 5.13. The van der Waals surface area contributed by atoms with Crippen LogP contribution in [-0.4, -0.2) is 5.11 Å². The average molecular weight is 309 g/mol. The van der Waals surface area contributed by atoms with Crippen LogP contribution in [0.5, 0.6) is 0 Å². The summed E-state index contributed by atoms with van der Waals surface area (Å²) in [6.07, 6.45) is -1.47. The highest BCUT2D eigenvalue weighted by Crippen LogP contribution is 2.38. The van der Waals surface area contributed by atoms with Gasteiger partial charge in [0.1, 0.15) is 22.1 Å². The molecule has 0 aliphatic rings. The molecule has 0 aliphatic heterocycles. The maximum absolute atomic E-state index is 13.9. The second-order valence-electron chi connectivity index (χ2n) is 3.77. The van der Waals surface area contributed by atoms with Crippen molar-refractivity contribution in [2.75, 3.05) is 0 Å². The molecule has 1 aromatic heterocycles. The Bertz CT molecular complexity index is 598. The molecule has 2 rings (SSSR count). The van der Waals surface area contributed by atoms with E-state index >= 15 is 0 Å². The smallest absolute Gasteiger partial charge is 0.135 e. The molecule has 0 bridgehead atoms. The van der Waals surface area contributed by atoms with Crippen molar-refractivity contribution in [1.82, 2.24) is 0 Å². The lowest BCUT2D eigenvalue weighted by atomic mass is 10.0. The van der Waals surface area contributed by atoms with Gasteiger partial charge < -0.3 is 5.11 Å². The molecular formula is C12H8Cl2F2OS. The van der Waals surface area contributed by atoms with Crippen molar-refractivity contribution in [3.8, 4) is 0 Å². The number of rotatable bonds is 2. The van der Waals surface area contributed by atoms with Gasteiger partial charge in [0, 0.05) is 5.56 Å². The number of aliphatic hydroxyl groups excluding tert-OH is 1. The minimum atomic E-state index is -1.47. The Balaban J connectivity index is 2.56. The standard InChI is InChI=1S/C12H8Cl2F2OS/c1-5-2-3-7(15)9(10(5)16)11(17)6-4-8(13)18-12(6)14/h2-4,11,17H,1H3. The quantitative estimate of drug-likeness (QED) is 0.851. The third kappa shape index (κ3) is 2.38. The summed E-state index contributed by atoms with van der Waals surface area (Å²) in [7, 11) is 0. The number of halogens is 4. The minimum absolute atomic E-state index is 0.204. The lowest BCUT2D eigenvalue weighted by Gasteiger charge is -2.13. The first-order valence-corrected chi connectivity index (χ1v) is 6.56. The Hall–Kier alpha value is -0.680. The fourth-order valence-electron chi connectivity index (χ4n) is 1.62. The molecule has 1 unspecified atom stereocenters. The van der Waals surface area contributed by atoms with E-state index in [1.54, 1.807) is 0 Å². The fourth-order valence-corrected chi connectivity index (χ4v) is 3.14. The van der Waals surface area contributed by atoms with E-state index in [0.29, 0.717) is 4.34 Å². The van der Waals surface area contributed by atoms with Gasteiger partial charge in [0.05, 0.1) is 9.90 Å². The van der Waals surface area contributed by atoms with Gasteiger partial charge in [0.15, 0.2) is 0 Å². The normalized spacial score (nSPS) is 12.8. The highest BCUT2D eigenvalue weighted by molar-refractivity contribution is 7.20. The van der Waals surface area contributed by atoms with E-state index < -0.39 is 23.3 Å². The molecule has 0 spiro atoms. The van der Waals surface area contributed by atoms with E-state index in [0.717, 1.165) is 17.4 Å². The zero-order valence-electron chi connectivity index (χ0n) is 9.18. The number of hydrogen-bond acceptors (Lipinski definition) is 2. The Morgan fingerprint density at radius 2 is 1.94 bits per heavy atom. The van der Waals surface area contributed by atoms with Gasteiger partial charge in [-0.05, 0) is 24.6 Å². The number of hydrogen-bond donors (Lipinski definition) is 1. The molecule has 1 nitrogen and oxygen atoms in total. The van der Waals surface area contributed by atoms with Crippen LogP contribution in [-0.2, 0) is 0 Å². The van der Waals surface area contributed by atoms with Crippen molar-refractivity contribution >= 4 is 34.5 Å². The van der Waals surface area contributed by atoms with Crippen molar-refractivity contribution in [1.29, 1.82) is 0 Å². The lowest BCUT2D eigenvalue weighted by Crippen LogP contribution is -2.06. The highest BCUT2D eigenvalue weighted by atomic mass is 35.5. The molecule has 1 heterocycles. The van der Waals surface area contributed by atoms with Gasteiger partial charge in [-0.1, -0.05) is 29.3 Å². The number of aryl methyl sites for hydroxylation is 1. The van der Waals surface area contributed by atoms with Crippen molar-refractivity contribution in [2.45, 2.75) is 13.0 Å². The van der Waals surface area contributed by atoms with Crippen LogP contribution >= 0.6 is 34.5 Å². The summed E-state index contributed by atoms with van der Waals surface area (Å²) < 4.78 is 28.1. The molecule has 0 amide bonds. The summed E-state index contributed by atoms with van der Waals surface area (Å²) in [4.78, 5) is 0. The molecule has 1 atom stereocenters. The summed E-state index contributed by atoms with van der Waals surface area (Å²) in [6, 6.07) is 3.82. The fraction of sp³-hybridized carbons (Fsp3) is 0.167. The molecule has 18 heavy (non-hydrogen) atoms. The van der Waals surface area contributed by atoms with Gasteiger partial charge in [-0.3, -0.25) is 0 Å². The van der Waals surface area contributed by atoms with Crippen molar-refractivity contribution in [2.24, 2.45) is 0 Å². The number of aliphatic hydroxyl groups is 1. The van der Waals surface area contributed by atoms with E-state index in [1.807, 2.05) is 0 Å². The zero-order chi connectivity index (χ0) is 13.4. The Kier molecular flexibility index (Phi) is 3.92. The second-order valence-corrected chi connectivity index (χ2v) is 6.06. The summed E-state index contributed by atoms with van der Waals surface area (Å²) in [5.41, 5.74) is 0.0457. The van der Waals surface area contributed by atoms with Crippen molar-refractivity contribution in [3.63, 3.8) is 0 Å².